The summed E-state index contributed by atoms with van der Waals surface area (Å²) in [5.74, 6) is -2.35. The molecule has 0 fully saturated rings. The molecule has 0 aliphatic heterocycles. The molecule has 0 aliphatic rings. The Morgan fingerprint density at radius 2 is 1.70 bits per heavy atom. The number of benzene rings is 2. The fourth-order valence-electron chi connectivity index (χ4n) is 3.34. The Morgan fingerprint density at radius 1 is 1.07 bits per heavy atom. The summed E-state index contributed by atoms with van der Waals surface area (Å²) in [5.41, 5.74) is 1.48. The molecule has 2 N–H and O–H groups in total. The Morgan fingerprint density at radius 3 is 2.23 bits per heavy atom. The van der Waals surface area contributed by atoms with Crippen LogP contribution in [0.1, 0.15) is 55.5 Å². The van der Waals surface area contributed by atoms with Crippen molar-refractivity contribution in [3.63, 3.8) is 0 Å². The number of carboxylic acids is 1. The summed E-state index contributed by atoms with van der Waals surface area (Å²) in [6, 6.07) is 4.89. The average molecular weight is 419 g/mol. The highest BCUT2D eigenvalue weighted by Crippen LogP contribution is 2.33. The van der Waals surface area contributed by atoms with E-state index >= 15 is 0 Å². The number of halogens is 2. The van der Waals surface area contributed by atoms with Gasteiger partial charge in [0, 0.05) is 11.1 Å². The lowest BCUT2D eigenvalue weighted by atomic mass is 9.92. The molecule has 0 heterocycles. The molecular weight excluding hydrogens is 392 g/mol. The van der Waals surface area contributed by atoms with Gasteiger partial charge in [-0.3, -0.25) is 4.79 Å². The van der Waals surface area contributed by atoms with Crippen molar-refractivity contribution < 1.29 is 28.2 Å². The van der Waals surface area contributed by atoms with E-state index in [0.717, 1.165) is 5.56 Å². The Balaban J connectivity index is 2.57. The summed E-state index contributed by atoms with van der Waals surface area (Å²) in [6.07, 6.45) is -1.43. The van der Waals surface area contributed by atoms with Crippen molar-refractivity contribution in [1.82, 2.24) is 5.32 Å². The van der Waals surface area contributed by atoms with E-state index in [1.54, 1.807) is 34.6 Å². The van der Waals surface area contributed by atoms with Crippen molar-refractivity contribution in [3.8, 4) is 11.1 Å². The van der Waals surface area contributed by atoms with E-state index < -0.39 is 41.8 Å². The van der Waals surface area contributed by atoms with Gasteiger partial charge in [0.05, 0.1) is 12.5 Å². The van der Waals surface area contributed by atoms with E-state index in [9.17, 15) is 23.5 Å². The van der Waals surface area contributed by atoms with Crippen LogP contribution in [0.15, 0.2) is 24.3 Å². The van der Waals surface area contributed by atoms with E-state index in [-0.39, 0.29) is 11.1 Å². The van der Waals surface area contributed by atoms with E-state index in [2.05, 4.69) is 5.32 Å². The Kier molecular flexibility index (Phi) is 6.85. The van der Waals surface area contributed by atoms with E-state index in [1.165, 1.54) is 25.1 Å². The molecule has 0 saturated heterocycles. The zero-order valence-electron chi connectivity index (χ0n) is 18.0. The van der Waals surface area contributed by atoms with Gasteiger partial charge in [-0.15, -0.1) is 0 Å². The third kappa shape index (κ3) is 5.78. The lowest BCUT2D eigenvalue weighted by Crippen LogP contribution is -2.36. The molecule has 30 heavy (non-hydrogen) atoms. The highest BCUT2D eigenvalue weighted by atomic mass is 19.1. The number of aryl methyl sites for hydroxylation is 3. The van der Waals surface area contributed by atoms with Crippen molar-refractivity contribution in [1.29, 1.82) is 0 Å². The molecular formula is C23H27F2NO4. The van der Waals surface area contributed by atoms with E-state index in [4.69, 9.17) is 4.74 Å². The molecule has 0 unspecified atom stereocenters. The van der Waals surface area contributed by atoms with Gasteiger partial charge < -0.3 is 15.2 Å². The maximum atomic E-state index is 15.0. The minimum atomic E-state index is -1.23. The maximum absolute atomic E-state index is 15.0. The number of alkyl carbamates (subject to hydrolysis) is 1. The summed E-state index contributed by atoms with van der Waals surface area (Å²) in [5, 5.41) is 11.7. The molecule has 0 radical (unpaired) electrons. The third-order valence-corrected chi connectivity index (χ3v) is 4.45. The second-order valence-corrected chi connectivity index (χ2v) is 8.43. The molecule has 2 aromatic rings. The lowest BCUT2D eigenvalue weighted by molar-refractivity contribution is -0.137. The summed E-state index contributed by atoms with van der Waals surface area (Å²) < 4.78 is 34.8. The van der Waals surface area contributed by atoms with E-state index in [1.807, 2.05) is 6.07 Å². The number of hydrogen-bond donors (Lipinski definition) is 2. The average Bonchev–Trinajstić information content (AvgIpc) is 2.54. The molecule has 0 spiro atoms. The van der Waals surface area contributed by atoms with Crippen LogP contribution in [0.4, 0.5) is 13.6 Å². The normalized spacial score (nSPS) is 12.4. The molecule has 2 rings (SSSR count). The molecule has 5 nitrogen and oxygen atoms in total. The van der Waals surface area contributed by atoms with Crippen LogP contribution in [0.3, 0.4) is 0 Å². The first-order chi connectivity index (χ1) is 13.8. The quantitative estimate of drug-likeness (QED) is 0.662. The Labute approximate surface area is 175 Å². The van der Waals surface area contributed by atoms with Gasteiger partial charge in [-0.1, -0.05) is 6.07 Å². The van der Waals surface area contributed by atoms with Crippen LogP contribution >= 0.6 is 0 Å². The van der Waals surface area contributed by atoms with Gasteiger partial charge >= 0.3 is 12.1 Å². The third-order valence-electron chi connectivity index (χ3n) is 4.45. The number of aliphatic carboxylic acids is 1. The van der Waals surface area contributed by atoms with Crippen LogP contribution in [0.25, 0.3) is 11.1 Å². The number of carbonyl (C=O) groups excluding carboxylic acids is 1. The molecule has 2 aromatic carbocycles. The minimum Gasteiger partial charge on any atom is -0.481 e. The van der Waals surface area contributed by atoms with Gasteiger partial charge in [0.25, 0.3) is 0 Å². The Bertz CT molecular complexity index is 957. The van der Waals surface area contributed by atoms with Crippen LogP contribution in [-0.2, 0) is 9.53 Å². The number of carboxylic acid groups (broad SMARTS) is 1. The van der Waals surface area contributed by atoms with E-state index in [0.29, 0.717) is 16.7 Å². The molecule has 162 valence electrons. The zero-order valence-corrected chi connectivity index (χ0v) is 18.0. The number of carbonyl (C=O) groups is 2. The van der Waals surface area contributed by atoms with Crippen molar-refractivity contribution in [2.75, 3.05) is 0 Å². The van der Waals surface area contributed by atoms with Gasteiger partial charge in [-0.25, -0.2) is 13.6 Å². The van der Waals surface area contributed by atoms with Crippen molar-refractivity contribution in [3.05, 3.63) is 58.2 Å². The molecule has 0 saturated carbocycles. The second kappa shape index (κ2) is 8.81. The number of ether oxygens (including phenoxy) is 1. The number of rotatable bonds is 5. The maximum Gasteiger partial charge on any atom is 0.408 e. The molecule has 0 aromatic heterocycles. The largest absolute Gasteiger partial charge is 0.481 e. The predicted molar refractivity (Wildman–Crippen MR) is 110 cm³/mol. The minimum absolute atomic E-state index is 0.0439. The van der Waals surface area contributed by atoms with Crippen LogP contribution in [0.2, 0.25) is 0 Å². The fraction of sp³-hybridized carbons (Fsp3) is 0.391. The highest BCUT2D eigenvalue weighted by Gasteiger charge is 2.26. The molecule has 1 atom stereocenters. The summed E-state index contributed by atoms with van der Waals surface area (Å²) in [4.78, 5) is 23.6. The van der Waals surface area contributed by atoms with Crippen LogP contribution in [0.5, 0.6) is 0 Å². The first-order valence-corrected chi connectivity index (χ1v) is 9.57. The molecule has 7 heteroatoms. The van der Waals surface area contributed by atoms with Crippen LogP contribution in [0, 0.1) is 32.4 Å². The van der Waals surface area contributed by atoms with Crippen LogP contribution in [-0.4, -0.2) is 22.8 Å². The van der Waals surface area contributed by atoms with Crippen molar-refractivity contribution in [2.24, 2.45) is 0 Å². The second-order valence-electron chi connectivity index (χ2n) is 8.43. The highest BCUT2D eigenvalue weighted by molar-refractivity contribution is 5.74. The summed E-state index contributed by atoms with van der Waals surface area (Å²) >= 11 is 0. The van der Waals surface area contributed by atoms with Gasteiger partial charge in [-0.05, 0) is 82.0 Å². The number of hydrogen-bond acceptors (Lipinski definition) is 3. The first-order valence-electron chi connectivity index (χ1n) is 9.57. The van der Waals surface area contributed by atoms with Crippen molar-refractivity contribution >= 4 is 12.1 Å². The van der Waals surface area contributed by atoms with Gasteiger partial charge in [0.15, 0.2) is 0 Å². The monoisotopic (exact) mass is 419 g/mol. The smallest absolute Gasteiger partial charge is 0.408 e. The molecule has 0 aliphatic carbocycles. The standard InChI is InChI=1S/C23H27F2NO4/c1-12-7-13(2)20(17(24)8-12)15-9-14(3)21(25)16(10-15)18(11-19(27)28)26-22(29)30-23(4,5)6/h7-10,18H,11H2,1-6H3,(H,26,29)(H,27,28)/t18-/m0/s1. The lowest BCUT2D eigenvalue weighted by Gasteiger charge is -2.24. The summed E-state index contributed by atoms with van der Waals surface area (Å²) in [6.45, 7) is 10.0. The van der Waals surface area contributed by atoms with Gasteiger partial charge in [0.2, 0.25) is 0 Å². The first kappa shape index (κ1) is 23.3. The fourth-order valence-corrected chi connectivity index (χ4v) is 3.34. The Hall–Kier alpha value is -2.96. The van der Waals surface area contributed by atoms with Crippen molar-refractivity contribution in [2.45, 2.75) is 59.6 Å². The SMILES string of the molecule is Cc1cc(C)c(-c2cc(C)c(F)c([C@H](CC(=O)O)NC(=O)OC(C)(C)C)c2)c(F)c1. The van der Waals surface area contributed by atoms with Crippen LogP contribution < -0.4 is 5.32 Å². The number of amides is 1. The summed E-state index contributed by atoms with van der Waals surface area (Å²) in [7, 11) is 0. The van der Waals surface area contributed by atoms with Gasteiger partial charge in [0.1, 0.15) is 17.2 Å². The predicted octanol–water partition coefficient (Wildman–Crippen LogP) is 5.60. The molecule has 0 bridgehead atoms. The number of nitrogens with one attached hydrogen (secondary N) is 1. The topological polar surface area (TPSA) is 75.6 Å². The molecule has 1 amide bonds. The zero-order chi connectivity index (χ0) is 22.8. The van der Waals surface area contributed by atoms with Gasteiger partial charge in [-0.2, -0.15) is 0 Å².